The second kappa shape index (κ2) is 8.32. The number of rotatable bonds is 9. The van der Waals surface area contributed by atoms with E-state index >= 15 is 0 Å². The standard InChI is InChI=1S/C18H18FN3O3/c19-14-8-6-5-7-13(14)18-21-20-17(25-18)10-4-2-1-3-9-16(23)15-11-12-24-22-15/h5-8,11-12H,1-4,9-10H2. The van der Waals surface area contributed by atoms with Crippen LogP contribution in [-0.4, -0.2) is 21.1 Å². The number of hydrogen-bond donors (Lipinski definition) is 0. The number of ketones is 1. The summed E-state index contributed by atoms with van der Waals surface area (Å²) < 4.78 is 23.8. The van der Waals surface area contributed by atoms with Crippen LogP contribution in [0.15, 0.2) is 45.5 Å². The molecule has 1 aromatic carbocycles. The Bertz CT molecular complexity index is 815. The Morgan fingerprint density at radius 3 is 2.68 bits per heavy atom. The minimum absolute atomic E-state index is 0.000167. The van der Waals surface area contributed by atoms with Crippen LogP contribution in [0.1, 0.15) is 48.5 Å². The Balaban J connectivity index is 1.37. The third-order valence-electron chi connectivity index (χ3n) is 3.84. The normalized spacial score (nSPS) is 10.9. The fourth-order valence-electron chi connectivity index (χ4n) is 2.50. The van der Waals surface area contributed by atoms with Crippen molar-refractivity contribution in [3.05, 3.63) is 54.0 Å². The van der Waals surface area contributed by atoms with Gasteiger partial charge in [0.1, 0.15) is 17.8 Å². The van der Waals surface area contributed by atoms with Gasteiger partial charge < -0.3 is 8.94 Å². The van der Waals surface area contributed by atoms with Crippen molar-refractivity contribution in [1.29, 1.82) is 0 Å². The number of unbranched alkanes of at least 4 members (excludes halogenated alkanes) is 3. The lowest BCUT2D eigenvalue weighted by Crippen LogP contribution is -1.98. The van der Waals surface area contributed by atoms with E-state index in [0.29, 0.717) is 30.0 Å². The smallest absolute Gasteiger partial charge is 0.250 e. The lowest BCUT2D eigenvalue weighted by Gasteiger charge is -1.99. The number of carbonyl (C=O) groups is 1. The first-order valence-electron chi connectivity index (χ1n) is 8.25. The summed E-state index contributed by atoms with van der Waals surface area (Å²) in [6.45, 7) is 0. The van der Waals surface area contributed by atoms with Gasteiger partial charge in [-0.1, -0.05) is 30.1 Å². The van der Waals surface area contributed by atoms with E-state index in [1.54, 1.807) is 24.3 Å². The quantitative estimate of drug-likeness (QED) is 0.427. The van der Waals surface area contributed by atoms with Gasteiger partial charge in [-0.3, -0.25) is 4.79 Å². The molecule has 0 atom stereocenters. The van der Waals surface area contributed by atoms with E-state index in [4.69, 9.17) is 4.42 Å². The Morgan fingerprint density at radius 2 is 1.88 bits per heavy atom. The van der Waals surface area contributed by atoms with Crippen LogP contribution in [0.2, 0.25) is 0 Å². The van der Waals surface area contributed by atoms with Crippen molar-refractivity contribution in [2.75, 3.05) is 0 Å². The molecule has 0 N–H and O–H groups in total. The molecule has 0 amide bonds. The third kappa shape index (κ3) is 4.59. The highest BCUT2D eigenvalue weighted by Gasteiger charge is 2.12. The summed E-state index contributed by atoms with van der Waals surface area (Å²) >= 11 is 0. The molecule has 0 aliphatic carbocycles. The third-order valence-corrected chi connectivity index (χ3v) is 3.84. The topological polar surface area (TPSA) is 82.0 Å². The number of carbonyl (C=O) groups excluding carboxylic acids is 1. The van der Waals surface area contributed by atoms with E-state index in [-0.39, 0.29) is 17.5 Å². The van der Waals surface area contributed by atoms with Crippen LogP contribution in [0.5, 0.6) is 0 Å². The maximum atomic E-state index is 13.7. The summed E-state index contributed by atoms with van der Waals surface area (Å²) in [5.41, 5.74) is 0.694. The first-order chi connectivity index (χ1) is 12.2. The molecule has 0 radical (unpaired) electrons. The van der Waals surface area contributed by atoms with Crippen molar-refractivity contribution in [1.82, 2.24) is 15.4 Å². The molecule has 130 valence electrons. The summed E-state index contributed by atoms with van der Waals surface area (Å²) in [7, 11) is 0. The van der Waals surface area contributed by atoms with E-state index in [2.05, 4.69) is 19.9 Å². The molecular formula is C18H18FN3O3. The molecule has 0 bridgehead atoms. The monoisotopic (exact) mass is 343 g/mol. The number of benzene rings is 1. The fourth-order valence-corrected chi connectivity index (χ4v) is 2.50. The van der Waals surface area contributed by atoms with Gasteiger partial charge in [0.2, 0.25) is 5.89 Å². The van der Waals surface area contributed by atoms with Crippen molar-refractivity contribution in [2.45, 2.75) is 38.5 Å². The number of aryl methyl sites for hydroxylation is 1. The Kier molecular flexibility index (Phi) is 5.66. The summed E-state index contributed by atoms with van der Waals surface area (Å²) in [5.74, 6) is 0.317. The summed E-state index contributed by atoms with van der Waals surface area (Å²) in [6, 6.07) is 7.88. The molecule has 2 heterocycles. The molecule has 2 aromatic heterocycles. The molecule has 7 heteroatoms. The van der Waals surface area contributed by atoms with Crippen LogP contribution in [-0.2, 0) is 6.42 Å². The summed E-state index contributed by atoms with van der Waals surface area (Å²) in [6.07, 6.45) is 6.05. The molecule has 25 heavy (non-hydrogen) atoms. The number of aromatic nitrogens is 3. The van der Waals surface area contributed by atoms with Gasteiger partial charge in [0.25, 0.3) is 5.89 Å². The highest BCUT2D eigenvalue weighted by molar-refractivity contribution is 5.93. The van der Waals surface area contributed by atoms with Crippen LogP contribution in [0, 0.1) is 5.82 Å². The molecule has 0 fully saturated rings. The maximum Gasteiger partial charge on any atom is 0.250 e. The molecule has 0 saturated carbocycles. The van der Waals surface area contributed by atoms with Crippen molar-refractivity contribution < 1.29 is 18.1 Å². The lowest BCUT2D eigenvalue weighted by molar-refractivity contribution is 0.0970. The van der Waals surface area contributed by atoms with Gasteiger partial charge in [0.15, 0.2) is 5.78 Å². The number of Topliss-reactive ketones (excluding diaryl/α,β-unsaturated/α-hetero) is 1. The van der Waals surface area contributed by atoms with E-state index in [0.717, 1.165) is 25.7 Å². The average Bonchev–Trinajstić information content (AvgIpc) is 3.30. The van der Waals surface area contributed by atoms with Gasteiger partial charge in [-0.25, -0.2) is 4.39 Å². The van der Waals surface area contributed by atoms with Gasteiger partial charge in [0.05, 0.1) is 5.56 Å². The predicted molar refractivity (Wildman–Crippen MR) is 87.3 cm³/mol. The van der Waals surface area contributed by atoms with Gasteiger partial charge in [-0.15, -0.1) is 10.2 Å². The second-order valence-electron chi connectivity index (χ2n) is 5.70. The Labute approximate surface area is 144 Å². The maximum absolute atomic E-state index is 13.7. The minimum Gasteiger partial charge on any atom is -0.421 e. The van der Waals surface area contributed by atoms with E-state index in [1.165, 1.54) is 12.3 Å². The van der Waals surface area contributed by atoms with Gasteiger partial charge in [-0.2, -0.15) is 0 Å². The molecule has 0 spiro atoms. The zero-order valence-electron chi connectivity index (χ0n) is 13.7. The van der Waals surface area contributed by atoms with Crippen molar-refractivity contribution in [3.63, 3.8) is 0 Å². The van der Waals surface area contributed by atoms with Gasteiger partial charge in [-0.05, 0) is 25.0 Å². The first kappa shape index (κ1) is 17.0. The van der Waals surface area contributed by atoms with Crippen molar-refractivity contribution >= 4 is 5.78 Å². The molecule has 3 rings (SSSR count). The SMILES string of the molecule is O=C(CCCCCCc1nnc(-c2ccccc2F)o1)c1ccon1. The number of nitrogens with zero attached hydrogens (tertiary/aromatic N) is 3. The Hall–Kier alpha value is -2.83. The molecule has 3 aromatic rings. The largest absolute Gasteiger partial charge is 0.421 e. The number of hydrogen-bond acceptors (Lipinski definition) is 6. The highest BCUT2D eigenvalue weighted by atomic mass is 19.1. The highest BCUT2D eigenvalue weighted by Crippen LogP contribution is 2.21. The molecule has 0 aliphatic heterocycles. The molecule has 6 nitrogen and oxygen atoms in total. The van der Waals surface area contributed by atoms with Crippen LogP contribution in [0.3, 0.4) is 0 Å². The van der Waals surface area contributed by atoms with Crippen molar-refractivity contribution in [2.24, 2.45) is 0 Å². The molecule has 0 unspecified atom stereocenters. The van der Waals surface area contributed by atoms with Crippen LogP contribution in [0.25, 0.3) is 11.5 Å². The Morgan fingerprint density at radius 1 is 1.04 bits per heavy atom. The van der Waals surface area contributed by atoms with E-state index < -0.39 is 0 Å². The van der Waals surface area contributed by atoms with Crippen LogP contribution in [0.4, 0.5) is 4.39 Å². The number of halogens is 1. The first-order valence-corrected chi connectivity index (χ1v) is 8.25. The lowest BCUT2D eigenvalue weighted by atomic mass is 10.1. The molecule has 0 saturated heterocycles. The van der Waals surface area contributed by atoms with Crippen LogP contribution < -0.4 is 0 Å². The van der Waals surface area contributed by atoms with Crippen molar-refractivity contribution in [3.8, 4) is 11.5 Å². The molecule has 0 aliphatic rings. The molecular weight excluding hydrogens is 325 g/mol. The van der Waals surface area contributed by atoms with E-state index in [1.807, 2.05) is 0 Å². The zero-order valence-corrected chi connectivity index (χ0v) is 13.7. The van der Waals surface area contributed by atoms with E-state index in [9.17, 15) is 9.18 Å². The van der Waals surface area contributed by atoms with Crippen LogP contribution >= 0.6 is 0 Å². The average molecular weight is 343 g/mol. The minimum atomic E-state index is -0.380. The second-order valence-corrected chi connectivity index (χ2v) is 5.70. The van der Waals surface area contributed by atoms with Gasteiger partial charge >= 0.3 is 0 Å². The zero-order chi connectivity index (χ0) is 17.5. The summed E-state index contributed by atoms with van der Waals surface area (Å²) in [5, 5.41) is 11.5. The predicted octanol–water partition coefficient (Wildman–Crippen LogP) is 4.24. The summed E-state index contributed by atoms with van der Waals surface area (Å²) in [4.78, 5) is 11.7. The van der Waals surface area contributed by atoms with Gasteiger partial charge in [0, 0.05) is 18.9 Å². The fraction of sp³-hybridized carbons (Fsp3) is 0.333.